The molecule has 0 unspecified atom stereocenters. The van der Waals surface area contributed by atoms with Crippen molar-refractivity contribution in [1.82, 2.24) is 9.55 Å². The first-order valence-corrected chi connectivity index (χ1v) is 4.60. The monoisotopic (exact) mass is 196 g/mol. The lowest BCUT2D eigenvalue weighted by molar-refractivity contribution is -0.136. The molecule has 14 heavy (non-hydrogen) atoms. The SMILES string of the molecule is O=C(O)CCc1cnc2n1CCOC2. The lowest BCUT2D eigenvalue weighted by Crippen LogP contribution is -2.18. The number of imidazole rings is 1. The van der Waals surface area contributed by atoms with Gasteiger partial charge in [-0.25, -0.2) is 4.98 Å². The van der Waals surface area contributed by atoms with Crippen LogP contribution in [0.4, 0.5) is 0 Å². The Kier molecular flexibility index (Phi) is 2.49. The second-order valence-electron chi connectivity index (χ2n) is 3.26. The zero-order chi connectivity index (χ0) is 9.97. The van der Waals surface area contributed by atoms with Gasteiger partial charge in [0.25, 0.3) is 0 Å². The van der Waals surface area contributed by atoms with E-state index in [1.54, 1.807) is 6.20 Å². The number of carboxylic acids is 1. The summed E-state index contributed by atoms with van der Waals surface area (Å²) in [6.45, 7) is 2.00. The Bertz CT molecular complexity index is 346. The molecule has 0 saturated heterocycles. The van der Waals surface area contributed by atoms with E-state index in [-0.39, 0.29) is 6.42 Å². The van der Waals surface area contributed by atoms with Crippen LogP contribution in [-0.2, 0) is 29.1 Å². The van der Waals surface area contributed by atoms with E-state index in [2.05, 4.69) is 4.98 Å². The van der Waals surface area contributed by atoms with Gasteiger partial charge < -0.3 is 14.4 Å². The molecular formula is C9H12N2O3. The highest BCUT2D eigenvalue weighted by Crippen LogP contribution is 2.12. The normalized spacial score (nSPS) is 15.1. The molecule has 1 aliphatic heterocycles. The summed E-state index contributed by atoms with van der Waals surface area (Å²) < 4.78 is 7.28. The number of carbonyl (C=O) groups is 1. The van der Waals surface area contributed by atoms with Crippen molar-refractivity contribution in [1.29, 1.82) is 0 Å². The van der Waals surface area contributed by atoms with Crippen LogP contribution in [0.25, 0.3) is 0 Å². The molecule has 0 atom stereocenters. The summed E-state index contributed by atoms with van der Waals surface area (Å²) in [5.74, 6) is 0.129. The minimum atomic E-state index is -0.771. The molecule has 0 bridgehead atoms. The molecule has 0 fully saturated rings. The molecular weight excluding hydrogens is 184 g/mol. The Labute approximate surface area is 81.3 Å². The largest absolute Gasteiger partial charge is 0.481 e. The van der Waals surface area contributed by atoms with Crippen LogP contribution in [-0.4, -0.2) is 27.2 Å². The van der Waals surface area contributed by atoms with Crippen molar-refractivity contribution in [2.24, 2.45) is 0 Å². The maximum atomic E-state index is 10.4. The summed E-state index contributed by atoms with van der Waals surface area (Å²) in [5.41, 5.74) is 0.991. The second kappa shape index (κ2) is 3.79. The van der Waals surface area contributed by atoms with Crippen LogP contribution in [0.5, 0.6) is 0 Å². The van der Waals surface area contributed by atoms with Gasteiger partial charge in [0.2, 0.25) is 0 Å². The van der Waals surface area contributed by atoms with Gasteiger partial charge in [0, 0.05) is 18.4 Å². The van der Waals surface area contributed by atoms with Gasteiger partial charge in [-0.2, -0.15) is 0 Å². The van der Waals surface area contributed by atoms with Crippen molar-refractivity contribution in [2.45, 2.75) is 26.0 Å². The lowest BCUT2D eigenvalue weighted by atomic mass is 10.2. The third-order valence-corrected chi connectivity index (χ3v) is 2.31. The Morgan fingerprint density at radius 1 is 1.71 bits per heavy atom. The zero-order valence-corrected chi connectivity index (χ0v) is 7.77. The van der Waals surface area contributed by atoms with Crippen LogP contribution < -0.4 is 0 Å². The zero-order valence-electron chi connectivity index (χ0n) is 7.77. The summed E-state index contributed by atoms with van der Waals surface area (Å²) in [6.07, 6.45) is 2.45. The molecule has 2 heterocycles. The molecule has 0 amide bonds. The van der Waals surface area contributed by atoms with E-state index in [0.717, 1.165) is 18.1 Å². The molecule has 5 nitrogen and oxygen atoms in total. The standard InChI is InChI=1S/C9H12N2O3/c12-9(13)2-1-7-5-10-8-6-14-4-3-11(7)8/h5H,1-4,6H2,(H,12,13). The summed E-state index contributed by atoms with van der Waals surface area (Å²) in [5, 5.41) is 8.56. The van der Waals surface area contributed by atoms with Gasteiger partial charge in [-0.15, -0.1) is 0 Å². The molecule has 0 spiro atoms. The third kappa shape index (κ3) is 1.77. The fourth-order valence-corrected chi connectivity index (χ4v) is 1.60. The van der Waals surface area contributed by atoms with E-state index >= 15 is 0 Å². The highest BCUT2D eigenvalue weighted by atomic mass is 16.5. The highest BCUT2D eigenvalue weighted by Gasteiger charge is 2.14. The number of rotatable bonds is 3. The number of aliphatic carboxylic acids is 1. The predicted molar refractivity (Wildman–Crippen MR) is 47.8 cm³/mol. The van der Waals surface area contributed by atoms with Gasteiger partial charge in [0.15, 0.2) is 0 Å². The Balaban J connectivity index is 2.10. The number of hydrogen-bond acceptors (Lipinski definition) is 3. The topological polar surface area (TPSA) is 64.3 Å². The lowest BCUT2D eigenvalue weighted by Gasteiger charge is -2.16. The number of nitrogens with zero attached hydrogens (tertiary/aromatic N) is 2. The number of aryl methyl sites for hydroxylation is 1. The molecule has 5 heteroatoms. The Morgan fingerprint density at radius 3 is 3.36 bits per heavy atom. The third-order valence-electron chi connectivity index (χ3n) is 2.31. The van der Waals surface area contributed by atoms with Crippen LogP contribution >= 0.6 is 0 Å². The fourth-order valence-electron chi connectivity index (χ4n) is 1.60. The van der Waals surface area contributed by atoms with Crippen LogP contribution in [0.3, 0.4) is 0 Å². The first-order chi connectivity index (χ1) is 6.77. The molecule has 1 aliphatic rings. The molecule has 0 saturated carbocycles. The van der Waals surface area contributed by atoms with E-state index < -0.39 is 5.97 Å². The molecule has 2 rings (SSSR count). The van der Waals surface area contributed by atoms with E-state index in [9.17, 15) is 4.79 Å². The first kappa shape index (κ1) is 9.21. The number of ether oxygens (including phenoxy) is 1. The highest BCUT2D eigenvalue weighted by molar-refractivity contribution is 5.66. The van der Waals surface area contributed by atoms with Gasteiger partial charge in [0.05, 0.1) is 13.0 Å². The van der Waals surface area contributed by atoms with Gasteiger partial charge in [-0.05, 0) is 6.42 Å². The van der Waals surface area contributed by atoms with E-state index in [1.807, 2.05) is 4.57 Å². The molecule has 0 aromatic carbocycles. The maximum absolute atomic E-state index is 10.4. The van der Waals surface area contributed by atoms with Crippen molar-refractivity contribution >= 4 is 5.97 Å². The fraction of sp³-hybridized carbons (Fsp3) is 0.556. The number of hydrogen-bond donors (Lipinski definition) is 1. The van der Waals surface area contributed by atoms with Gasteiger partial charge in [-0.1, -0.05) is 0 Å². The Morgan fingerprint density at radius 2 is 2.57 bits per heavy atom. The smallest absolute Gasteiger partial charge is 0.303 e. The maximum Gasteiger partial charge on any atom is 0.303 e. The second-order valence-corrected chi connectivity index (χ2v) is 3.26. The van der Waals surface area contributed by atoms with Crippen LogP contribution in [0.15, 0.2) is 6.20 Å². The summed E-state index contributed by atoms with van der Waals surface area (Å²) in [7, 11) is 0. The molecule has 0 radical (unpaired) electrons. The van der Waals surface area contributed by atoms with Crippen molar-refractivity contribution in [2.75, 3.05) is 6.61 Å². The predicted octanol–water partition coefficient (Wildman–Crippen LogP) is 0.431. The molecule has 1 aromatic heterocycles. The molecule has 0 aliphatic carbocycles. The average molecular weight is 196 g/mol. The number of carboxylic acid groups (broad SMARTS) is 1. The van der Waals surface area contributed by atoms with Crippen molar-refractivity contribution in [3.8, 4) is 0 Å². The average Bonchev–Trinajstić information content (AvgIpc) is 2.58. The van der Waals surface area contributed by atoms with E-state index in [0.29, 0.717) is 19.6 Å². The molecule has 1 N–H and O–H groups in total. The number of aromatic nitrogens is 2. The minimum Gasteiger partial charge on any atom is -0.481 e. The molecule has 76 valence electrons. The van der Waals surface area contributed by atoms with Crippen LogP contribution in [0.1, 0.15) is 17.9 Å². The van der Waals surface area contributed by atoms with E-state index in [4.69, 9.17) is 9.84 Å². The van der Waals surface area contributed by atoms with Crippen LogP contribution in [0.2, 0.25) is 0 Å². The van der Waals surface area contributed by atoms with E-state index in [1.165, 1.54) is 0 Å². The van der Waals surface area contributed by atoms with Gasteiger partial charge in [0.1, 0.15) is 12.4 Å². The van der Waals surface area contributed by atoms with Gasteiger partial charge in [-0.3, -0.25) is 4.79 Å². The molecule has 1 aromatic rings. The summed E-state index contributed by atoms with van der Waals surface area (Å²) in [6, 6.07) is 0. The minimum absolute atomic E-state index is 0.159. The van der Waals surface area contributed by atoms with Crippen molar-refractivity contribution < 1.29 is 14.6 Å². The van der Waals surface area contributed by atoms with Crippen molar-refractivity contribution in [3.05, 3.63) is 17.7 Å². The quantitative estimate of drug-likeness (QED) is 0.761. The summed E-state index contributed by atoms with van der Waals surface area (Å²) >= 11 is 0. The summed E-state index contributed by atoms with van der Waals surface area (Å²) in [4.78, 5) is 14.6. The van der Waals surface area contributed by atoms with Crippen molar-refractivity contribution in [3.63, 3.8) is 0 Å². The first-order valence-electron chi connectivity index (χ1n) is 4.60. The van der Waals surface area contributed by atoms with Gasteiger partial charge >= 0.3 is 5.97 Å². The number of fused-ring (bicyclic) bond motifs is 1. The Hall–Kier alpha value is -1.36. The van der Waals surface area contributed by atoms with Crippen LogP contribution in [0, 0.1) is 0 Å².